The lowest BCUT2D eigenvalue weighted by molar-refractivity contribution is 0.0391. The third-order valence-corrected chi connectivity index (χ3v) is 4.13. The highest BCUT2D eigenvalue weighted by molar-refractivity contribution is 5.72. The third kappa shape index (κ3) is 2.85. The Hall–Kier alpha value is -1.26. The molecule has 0 amide bonds. The molecule has 3 rings (SSSR count). The number of anilines is 2. The molecular formula is C15H23N3O. The number of nitrogens with zero attached hydrogens (tertiary/aromatic N) is 2. The Balaban J connectivity index is 1.66. The topological polar surface area (TPSA) is 41.7 Å². The highest BCUT2D eigenvalue weighted by Crippen LogP contribution is 2.32. The molecule has 0 unspecified atom stereocenters. The highest BCUT2D eigenvalue weighted by Gasteiger charge is 2.20. The SMILES string of the molecule is Nc1cccc2c1N(CCN1CCOCC1)CCC2. The first kappa shape index (κ1) is 12.8. The fourth-order valence-electron chi connectivity index (χ4n) is 3.08. The lowest BCUT2D eigenvalue weighted by Gasteiger charge is -2.35. The minimum absolute atomic E-state index is 0.874. The van der Waals surface area contributed by atoms with Crippen molar-refractivity contribution in [1.29, 1.82) is 0 Å². The fraction of sp³-hybridized carbons (Fsp3) is 0.600. The van der Waals surface area contributed by atoms with Crippen molar-refractivity contribution in [2.75, 3.05) is 56.6 Å². The predicted octanol–water partition coefficient (Wildman–Crippen LogP) is 1.35. The first-order valence-corrected chi connectivity index (χ1v) is 7.27. The van der Waals surface area contributed by atoms with Crippen LogP contribution in [0.5, 0.6) is 0 Å². The lowest BCUT2D eigenvalue weighted by atomic mass is 10.0. The van der Waals surface area contributed by atoms with Crippen LogP contribution in [-0.2, 0) is 11.2 Å². The molecule has 0 radical (unpaired) electrons. The number of rotatable bonds is 3. The molecule has 0 atom stereocenters. The number of para-hydroxylation sites is 1. The molecule has 2 aliphatic rings. The molecule has 0 aliphatic carbocycles. The number of morpholine rings is 1. The van der Waals surface area contributed by atoms with Crippen LogP contribution in [0, 0.1) is 0 Å². The number of nitrogens with two attached hydrogens (primary N) is 1. The van der Waals surface area contributed by atoms with Crippen molar-refractivity contribution in [3.63, 3.8) is 0 Å². The van der Waals surface area contributed by atoms with Crippen LogP contribution in [0.15, 0.2) is 18.2 Å². The second-order valence-corrected chi connectivity index (χ2v) is 5.40. The molecule has 0 spiro atoms. The largest absolute Gasteiger partial charge is 0.397 e. The van der Waals surface area contributed by atoms with E-state index in [-0.39, 0.29) is 0 Å². The van der Waals surface area contributed by atoms with Gasteiger partial charge in [0.25, 0.3) is 0 Å². The quantitative estimate of drug-likeness (QED) is 0.834. The van der Waals surface area contributed by atoms with Crippen LogP contribution in [0.4, 0.5) is 11.4 Å². The summed E-state index contributed by atoms with van der Waals surface area (Å²) in [5.74, 6) is 0. The van der Waals surface area contributed by atoms with Gasteiger partial charge in [-0.1, -0.05) is 12.1 Å². The summed E-state index contributed by atoms with van der Waals surface area (Å²) in [4.78, 5) is 4.94. The zero-order chi connectivity index (χ0) is 13.1. The second-order valence-electron chi connectivity index (χ2n) is 5.40. The van der Waals surface area contributed by atoms with Gasteiger partial charge in [0.15, 0.2) is 0 Å². The maximum atomic E-state index is 6.17. The summed E-state index contributed by atoms with van der Waals surface area (Å²) in [6.45, 7) is 7.18. The molecule has 0 saturated carbocycles. The van der Waals surface area contributed by atoms with E-state index in [1.54, 1.807) is 0 Å². The van der Waals surface area contributed by atoms with Gasteiger partial charge in [-0.15, -0.1) is 0 Å². The van der Waals surface area contributed by atoms with Gasteiger partial charge in [-0.05, 0) is 24.5 Å². The van der Waals surface area contributed by atoms with Gasteiger partial charge >= 0.3 is 0 Å². The van der Waals surface area contributed by atoms with Crippen LogP contribution in [0.2, 0.25) is 0 Å². The number of fused-ring (bicyclic) bond motifs is 1. The summed E-state index contributed by atoms with van der Waals surface area (Å²) in [5, 5.41) is 0. The molecule has 0 aromatic heterocycles. The van der Waals surface area contributed by atoms with Crippen molar-refractivity contribution in [3.05, 3.63) is 23.8 Å². The van der Waals surface area contributed by atoms with E-state index in [4.69, 9.17) is 10.5 Å². The van der Waals surface area contributed by atoms with Crippen molar-refractivity contribution in [1.82, 2.24) is 4.90 Å². The molecule has 1 fully saturated rings. The van der Waals surface area contributed by atoms with Crippen molar-refractivity contribution < 1.29 is 4.74 Å². The molecule has 0 bridgehead atoms. The Labute approximate surface area is 115 Å². The molecule has 19 heavy (non-hydrogen) atoms. The number of nitrogen functional groups attached to an aromatic ring is 1. The first-order chi connectivity index (χ1) is 9.34. The fourth-order valence-corrected chi connectivity index (χ4v) is 3.08. The first-order valence-electron chi connectivity index (χ1n) is 7.27. The standard InChI is InChI=1S/C15H23N3O/c16-14-5-1-3-13-4-2-6-18(15(13)14)8-7-17-9-11-19-12-10-17/h1,3,5H,2,4,6-12,16H2. The molecule has 104 valence electrons. The van der Waals surface area contributed by atoms with Gasteiger partial charge in [0, 0.05) is 32.7 Å². The molecule has 2 heterocycles. The predicted molar refractivity (Wildman–Crippen MR) is 78.6 cm³/mol. The third-order valence-electron chi connectivity index (χ3n) is 4.13. The van der Waals surface area contributed by atoms with E-state index in [9.17, 15) is 0 Å². The number of ether oxygens (including phenoxy) is 1. The maximum absolute atomic E-state index is 6.17. The van der Waals surface area contributed by atoms with Crippen molar-refractivity contribution in [3.8, 4) is 0 Å². The normalized spacial score (nSPS) is 20.3. The molecule has 1 aromatic carbocycles. The lowest BCUT2D eigenvalue weighted by Crippen LogP contribution is -2.42. The van der Waals surface area contributed by atoms with Crippen molar-refractivity contribution in [2.45, 2.75) is 12.8 Å². The Morgan fingerprint density at radius 2 is 1.95 bits per heavy atom. The van der Waals surface area contributed by atoms with Crippen molar-refractivity contribution >= 4 is 11.4 Å². The van der Waals surface area contributed by atoms with Crippen LogP contribution in [-0.4, -0.2) is 50.8 Å². The van der Waals surface area contributed by atoms with Gasteiger partial charge in [-0.3, -0.25) is 4.90 Å². The zero-order valence-electron chi connectivity index (χ0n) is 11.5. The number of aryl methyl sites for hydroxylation is 1. The summed E-state index contributed by atoms with van der Waals surface area (Å²) in [7, 11) is 0. The minimum atomic E-state index is 0.874. The van der Waals surface area contributed by atoms with E-state index in [0.717, 1.165) is 58.0 Å². The molecule has 2 aliphatic heterocycles. The summed E-state index contributed by atoms with van der Waals surface area (Å²) >= 11 is 0. The Morgan fingerprint density at radius 1 is 1.11 bits per heavy atom. The van der Waals surface area contributed by atoms with E-state index >= 15 is 0 Å². The molecule has 1 saturated heterocycles. The Bertz CT molecular complexity index is 429. The summed E-state index contributed by atoms with van der Waals surface area (Å²) in [5.41, 5.74) is 9.79. The highest BCUT2D eigenvalue weighted by atomic mass is 16.5. The molecule has 4 heteroatoms. The molecule has 4 nitrogen and oxygen atoms in total. The van der Waals surface area contributed by atoms with Gasteiger partial charge in [0.2, 0.25) is 0 Å². The zero-order valence-corrected chi connectivity index (χ0v) is 11.5. The second kappa shape index (κ2) is 5.80. The monoisotopic (exact) mass is 261 g/mol. The van der Waals surface area contributed by atoms with Gasteiger partial charge < -0.3 is 15.4 Å². The van der Waals surface area contributed by atoms with E-state index in [1.807, 2.05) is 6.07 Å². The van der Waals surface area contributed by atoms with E-state index in [0.29, 0.717) is 0 Å². The average molecular weight is 261 g/mol. The van der Waals surface area contributed by atoms with Gasteiger partial charge in [-0.2, -0.15) is 0 Å². The Morgan fingerprint density at radius 3 is 2.79 bits per heavy atom. The Kier molecular flexibility index (Phi) is 3.89. The van der Waals surface area contributed by atoms with Crippen LogP contribution < -0.4 is 10.6 Å². The van der Waals surface area contributed by atoms with Crippen LogP contribution in [0.3, 0.4) is 0 Å². The van der Waals surface area contributed by atoms with E-state index < -0.39 is 0 Å². The minimum Gasteiger partial charge on any atom is -0.397 e. The summed E-state index contributed by atoms with van der Waals surface area (Å²) in [6, 6.07) is 6.30. The van der Waals surface area contributed by atoms with Crippen molar-refractivity contribution in [2.24, 2.45) is 0 Å². The summed E-state index contributed by atoms with van der Waals surface area (Å²) in [6.07, 6.45) is 2.40. The number of hydrogen-bond acceptors (Lipinski definition) is 4. The van der Waals surface area contributed by atoms with E-state index in [2.05, 4.69) is 21.9 Å². The van der Waals surface area contributed by atoms with Crippen LogP contribution in [0.1, 0.15) is 12.0 Å². The summed E-state index contributed by atoms with van der Waals surface area (Å²) < 4.78 is 5.39. The maximum Gasteiger partial charge on any atom is 0.0632 e. The number of hydrogen-bond donors (Lipinski definition) is 1. The van der Waals surface area contributed by atoms with Crippen LogP contribution in [0.25, 0.3) is 0 Å². The van der Waals surface area contributed by atoms with E-state index in [1.165, 1.54) is 17.7 Å². The molecule has 2 N–H and O–H groups in total. The molecular weight excluding hydrogens is 238 g/mol. The van der Waals surface area contributed by atoms with Crippen LogP contribution >= 0.6 is 0 Å². The van der Waals surface area contributed by atoms with Gasteiger partial charge in [0.1, 0.15) is 0 Å². The number of benzene rings is 1. The average Bonchev–Trinajstić information content (AvgIpc) is 2.46. The molecule has 1 aromatic rings. The smallest absolute Gasteiger partial charge is 0.0632 e. The van der Waals surface area contributed by atoms with Gasteiger partial charge in [-0.25, -0.2) is 0 Å². The van der Waals surface area contributed by atoms with Gasteiger partial charge in [0.05, 0.1) is 24.6 Å².